The van der Waals surface area contributed by atoms with Gasteiger partial charge in [0.25, 0.3) is 0 Å². The monoisotopic (exact) mass is 407 g/mol. The lowest BCUT2D eigenvalue weighted by atomic mass is 9.88. The van der Waals surface area contributed by atoms with Gasteiger partial charge in [0, 0.05) is 12.4 Å². The number of allylic oxidation sites excluding steroid dienone is 1. The van der Waals surface area contributed by atoms with Crippen molar-refractivity contribution in [1.29, 1.82) is 0 Å². The molecule has 3 rings (SSSR count). The molecule has 0 bridgehead atoms. The highest BCUT2D eigenvalue weighted by Gasteiger charge is 2.14. The van der Waals surface area contributed by atoms with Gasteiger partial charge in [0.05, 0.1) is 0 Å². The molecular formula is C25H26ClNO2. The normalized spacial score (nSPS) is 11.8. The number of alkyl halides is 1. The van der Waals surface area contributed by atoms with E-state index in [0.29, 0.717) is 12.5 Å². The molecule has 0 amide bonds. The fourth-order valence-electron chi connectivity index (χ4n) is 3.28. The lowest BCUT2D eigenvalue weighted by Gasteiger charge is -2.17. The molecule has 0 aliphatic heterocycles. The highest BCUT2D eigenvalue weighted by Crippen LogP contribution is 2.35. The number of aromatic hydroxyl groups is 1. The van der Waals surface area contributed by atoms with Crippen LogP contribution in [0.4, 0.5) is 0 Å². The van der Waals surface area contributed by atoms with Crippen molar-refractivity contribution in [3.63, 3.8) is 0 Å². The smallest absolute Gasteiger partial charge is 0.119 e. The van der Waals surface area contributed by atoms with Gasteiger partial charge in [-0.05, 0) is 65.6 Å². The van der Waals surface area contributed by atoms with E-state index in [4.69, 9.17) is 16.3 Å². The third-order valence-corrected chi connectivity index (χ3v) is 4.88. The van der Waals surface area contributed by atoms with Gasteiger partial charge in [-0.2, -0.15) is 0 Å². The van der Waals surface area contributed by atoms with Crippen molar-refractivity contribution in [2.45, 2.75) is 6.42 Å². The van der Waals surface area contributed by atoms with Gasteiger partial charge in [0.15, 0.2) is 0 Å². The van der Waals surface area contributed by atoms with Gasteiger partial charge in [-0.25, -0.2) is 0 Å². The number of ether oxygens (including phenoxy) is 1. The molecule has 3 nitrogen and oxygen atoms in total. The quantitative estimate of drug-likeness (QED) is 0.276. The number of benzene rings is 3. The number of phenolic OH excluding ortho intramolecular Hbond substituents is 1. The first-order valence-electron chi connectivity index (χ1n) is 9.74. The van der Waals surface area contributed by atoms with E-state index in [1.807, 2.05) is 49.5 Å². The van der Waals surface area contributed by atoms with Crippen molar-refractivity contribution < 1.29 is 9.84 Å². The molecule has 4 heteroatoms. The highest BCUT2D eigenvalue weighted by atomic mass is 35.5. The van der Waals surface area contributed by atoms with Crippen molar-refractivity contribution in [1.82, 2.24) is 5.32 Å². The second-order valence-electron chi connectivity index (χ2n) is 6.68. The zero-order valence-electron chi connectivity index (χ0n) is 16.6. The van der Waals surface area contributed by atoms with Crippen molar-refractivity contribution >= 4 is 22.7 Å². The number of halogens is 1. The lowest BCUT2D eigenvalue weighted by molar-refractivity contribution is 0.318. The summed E-state index contributed by atoms with van der Waals surface area (Å²) in [7, 11) is 1.91. The molecule has 0 heterocycles. The molecular weight excluding hydrogens is 382 g/mol. The Kier molecular flexibility index (Phi) is 7.74. The van der Waals surface area contributed by atoms with E-state index in [0.717, 1.165) is 46.6 Å². The highest BCUT2D eigenvalue weighted by molar-refractivity contribution is 6.18. The molecule has 0 aliphatic carbocycles. The van der Waals surface area contributed by atoms with Crippen LogP contribution in [0.15, 0.2) is 78.9 Å². The van der Waals surface area contributed by atoms with Crippen LogP contribution >= 0.6 is 11.6 Å². The standard InChI is InChI=1S/C25H26ClNO2/c1-27-17-18-29-23-13-9-21(10-14-23)25(20-5-3-2-4-6-20)24(15-16-26)19-7-11-22(28)12-8-19/h2-14,27-28H,15-18H2,1H3. The maximum Gasteiger partial charge on any atom is 0.119 e. The minimum Gasteiger partial charge on any atom is -0.508 e. The van der Waals surface area contributed by atoms with Crippen LogP contribution in [-0.2, 0) is 0 Å². The van der Waals surface area contributed by atoms with Crippen LogP contribution in [0.3, 0.4) is 0 Å². The third-order valence-electron chi connectivity index (χ3n) is 4.69. The summed E-state index contributed by atoms with van der Waals surface area (Å²) < 4.78 is 5.77. The predicted molar refractivity (Wildman–Crippen MR) is 122 cm³/mol. The largest absolute Gasteiger partial charge is 0.508 e. The number of nitrogens with one attached hydrogen (secondary N) is 1. The lowest BCUT2D eigenvalue weighted by Crippen LogP contribution is -2.15. The SMILES string of the molecule is CNCCOc1ccc(C(=C(CCCl)c2ccc(O)cc2)c2ccccc2)cc1. The molecule has 0 saturated carbocycles. The number of rotatable bonds is 9. The van der Waals surface area contributed by atoms with E-state index in [1.54, 1.807) is 12.1 Å². The Balaban J connectivity index is 2.08. The van der Waals surface area contributed by atoms with Crippen LogP contribution < -0.4 is 10.1 Å². The molecule has 0 aliphatic rings. The molecule has 3 aromatic carbocycles. The van der Waals surface area contributed by atoms with E-state index < -0.39 is 0 Å². The molecule has 150 valence electrons. The number of phenols is 1. The van der Waals surface area contributed by atoms with Crippen LogP contribution in [0.2, 0.25) is 0 Å². The fourth-order valence-corrected chi connectivity index (χ4v) is 3.47. The Morgan fingerprint density at radius 3 is 2.10 bits per heavy atom. The van der Waals surface area contributed by atoms with Crippen molar-refractivity contribution in [2.75, 3.05) is 26.1 Å². The Labute approximate surface area is 177 Å². The van der Waals surface area contributed by atoms with Gasteiger partial charge >= 0.3 is 0 Å². The summed E-state index contributed by atoms with van der Waals surface area (Å²) in [5, 5.41) is 12.8. The average molecular weight is 408 g/mol. The van der Waals surface area contributed by atoms with E-state index >= 15 is 0 Å². The molecule has 0 aromatic heterocycles. The second kappa shape index (κ2) is 10.7. The van der Waals surface area contributed by atoms with Gasteiger partial charge in [-0.15, -0.1) is 11.6 Å². The first kappa shape index (κ1) is 21.0. The van der Waals surface area contributed by atoms with Gasteiger partial charge in [0.2, 0.25) is 0 Å². The molecule has 0 fully saturated rings. The first-order valence-corrected chi connectivity index (χ1v) is 10.3. The first-order chi connectivity index (χ1) is 14.2. The minimum absolute atomic E-state index is 0.253. The summed E-state index contributed by atoms with van der Waals surface area (Å²) in [6, 6.07) is 25.8. The molecule has 0 atom stereocenters. The van der Waals surface area contributed by atoms with Crippen molar-refractivity contribution in [3.05, 3.63) is 95.6 Å². The predicted octanol–water partition coefficient (Wildman–Crippen LogP) is 5.58. The minimum atomic E-state index is 0.253. The van der Waals surface area contributed by atoms with Crippen molar-refractivity contribution in [2.24, 2.45) is 0 Å². The van der Waals surface area contributed by atoms with E-state index in [2.05, 4.69) is 29.6 Å². The summed E-state index contributed by atoms with van der Waals surface area (Å²) in [5.74, 6) is 1.61. The summed E-state index contributed by atoms with van der Waals surface area (Å²) in [4.78, 5) is 0. The summed E-state index contributed by atoms with van der Waals surface area (Å²) in [6.45, 7) is 1.43. The Morgan fingerprint density at radius 2 is 1.48 bits per heavy atom. The molecule has 2 N–H and O–H groups in total. The van der Waals surface area contributed by atoms with Crippen LogP contribution in [0.1, 0.15) is 23.1 Å². The maximum atomic E-state index is 9.70. The van der Waals surface area contributed by atoms with E-state index in [9.17, 15) is 5.11 Å². The average Bonchev–Trinajstić information content (AvgIpc) is 2.76. The molecule has 0 spiro atoms. The number of hydrogen-bond acceptors (Lipinski definition) is 3. The maximum absolute atomic E-state index is 9.70. The Bertz CT molecular complexity index is 919. The molecule has 3 aromatic rings. The van der Waals surface area contributed by atoms with Gasteiger partial charge < -0.3 is 15.2 Å². The second-order valence-corrected chi connectivity index (χ2v) is 7.06. The van der Waals surface area contributed by atoms with Crippen LogP contribution in [0.25, 0.3) is 11.1 Å². The Hall–Kier alpha value is -2.75. The van der Waals surface area contributed by atoms with Crippen molar-refractivity contribution in [3.8, 4) is 11.5 Å². The molecule has 0 radical (unpaired) electrons. The van der Waals surface area contributed by atoms with Gasteiger partial charge in [-0.1, -0.05) is 54.6 Å². The zero-order chi connectivity index (χ0) is 20.5. The summed E-state index contributed by atoms with van der Waals surface area (Å²) in [5.41, 5.74) is 5.57. The molecule has 0 saturated heterocycles. The number of hydrogen-bond donors (Lipinski definition) is 2. The summed E-state index contributed by atoms with van der Waals surface area (Å²) in [6.07, 6.45) is 0.719. The number of likely N-dealkylation sites (N-methyl/N-ethyl adjacent to an activating group) is 1. The summed E-state index contributed by atoms with van der Waals surface area (Å²) >= 11 is 6.18. The van der Waals surface area contributed by atoms with Crippen LogP contribution in [-0.4, -0.2) is 31.2 Å². The van der Waals surface area contributed by atoms with Crippen LogP contribution in [0.5, 0.6) is 11.5 Å². The van der Waals surface area contributed by atoms with E-state index in [1.165, 1.54) is 0 Å². The Morgan fingerprint density at radius 1 is 0.862 bits per heavy atom. The van der Waals surface area contributed by atoms with E-state index in [-0.39, 0.29) is 5.75 Å². The van der Waals surface area contributed by atoms with Gasteiger partial charge in [0.1, 0.15) is 18.1 Å². The van der Waals surface area contributed by atoms with Crippen LogP contribution in [0, 0.1) is 0 Å². The fraction of sp³-hybridized carbons (Fsp3) is 0.200. The zero-order valence-corrected chi connectivity index (χ0v) is 17.3. The molecule has 29 heavy (non-hydrogen) atoms. The molecule has 0 unspecified atom stereocenters. The third kappa shape index (κ3) is 5.63. The topological polar surface area (TPSA) is 41.5 Å². The van der Waals surface area contributed by atoms with Gasteiger partial charge in [-0.3, -0.25) is 0 Å².